The number of halogens is 1. The zero-order valence-electron chi connectivity index (χ0n) is 8.61. The van der Waals surface area contributed by atoms with Gasteiger partial charge in [0, 0.05) is 30.0 Å². The molecular weight excluding hydrogens is 218 g/mol. The lowest BCUT2D eigenvalue weighted by molar-refractivity contribution is 0.566. The Labute approximate surface area is 94.3 Å². The summed E-state index contributed by atoms with van der Waals surface area (Å²) in [5.74, 6) is 0.635. The largest absolute Gasteiger partial charge is 0.343 e. The van der Waals surface area contributed by atoms with Gasteiger partial charge in [0.05, 0.1) is 0 Å². The Bertz CT molecular complexity index is 236. The first-order valence-electron chi connectivity index (χ1n) is 4.92. The van der Waals surface area contributed by atoms with E-state index in [4.69, 9.17) is 11.6 Å². The van der Waals surface area contributed by atoms with Crippen LogP contribution in [0.3, 0.4) is 0 Å². The fraction of sp³-hybridized carbons (Fsp3) is 0.778. The summed E-state index contributed by atoms with van der Waals surface area (Å²) in [6, 6.07) is 0.529. The molecular formula is C9H16ClN3S. The van der Waals surface area contributed by atoms with Crippen molar-refractivity contribution in [2.45, 2.75) is 32.7 Å². The van der Waals surface area contributed by atoms with Crippen LogP contribution in [0.15, 0.2) is 6.33 Å². The number of hydrogen-bond donors (Lipinski definition) is 0. The molecule has 0 saturated heterocycles. The third-order valence-electron chi connectivity index (χ3n) is 2.30. The van der Waals surface area contributed by atoms with E-state index in [1.807, 2.05) is 0 Å². The van der Waals surface area contributed by atoms with Crippen LogP contribution in [0.25, 0.3) is 0 Å². The van der Waals surface area contributed by atoms with Gasteiger partial charge in [0.25, 0.3) is 0 Å². The Morgan fingerprint density at radius 2 is 2.21 bits per heavy atom. The van der Waals surface area contributed by atoms with Crippen molar-refractivity contribution >= 4 is 28.3 Å². The smallest absolute Gasteiger partial charge is 0.205 e. The molecule has 0 N–H and O–H groups in total. The van der Waals surface area contributed by atoms with Crippen LogP contribution in [0.1, 0.15) is 26.7 Å². The van der Waals surface area contributed by atoms with E-state index in [1.54, 1.807) is 6.33 Å². The molecule has 1 heterocycles. The van der Waals surface area contributed by atoms with Crippen molar-refractivity contribution in [1.29, 1.82) is 0 Å². The third-order valence-corrected chi connectivity index (χ3v) is 3.18. The Hall–Kier alpha value is -0.350. The van der Waals surface area contributed by atoms with Gasteiger partial charge in [0.1, 0.15) is 6.33 Å². The van der Waals surface area contributed by atoms with E-state index < -0.39 is 0 Å². The first kappa shape index (κ1) is 11.7. The standard InChI is InChI=1S/C9H16ClN3S/c1-3-8(4-2)13(6-5-10)9-11-7-12-14-9/h7-8H,3-6H2,1-2H3. The van der Waals surface area contributed by atoms with E-state index in [-0.39, 0.29) is 0 Å². The number of anilines is 1. The van der Waals surface area contributed by atoms with E-state index in [2.05, 4.69) is 28.1 Å². The maximum absolute atomic E-state index is 5.79. The molecule has 0 aromatic carbocycles. The molecule has 1 rings (SSSR count). The molecule has 80 valence electrons. The first-order valence-corrected chi connectivity index (χ1v) is 6.23. The minimum absolute atomic E-state index is 0.529. The number of alkyl halides is 1. The van der Waals surface area contributed by atoms with E-state index in [0.29, 0.717) is 11.9 Å². The highest BCUT2D eigenvalue weighted by atomic mass is 35.5. The maximum Gasteiger partial charge on any atom is 0.205 e. The average molecular weight is 234 g/mol. The lowest BCUT2D eigenvalue weighted by atomic mass is 10.1. The van der Waals surface area contributed by atoms with Gasteiger partial charge in [0.15, 0.2) is 0 Å². The minimum Gasteiger partial charge on any atom is -0.343 e. The van der Waals surface area contributed by atoms with Crippen LogP contribution in [0.4, 0.5) is 5.13 Å². The number of nitrogens with zero attached hydrogens (tertiary/aromatic N) is 3. The van der Waals surface area contributed by atoms with E-state index in [9.17, 15) is 0 Å². The fourth-order valence-corrected chi connectivity index (χ4v) is 2.36. The van der Waals surface area contributed by atoms with Crippen LogP contribution in [0.2, 0.25) is 0 Å². The summed E-state index contributed by atoms with van der Waals surface area (Å²) >= 11 is 7.22. The zero-order chi connectivity index (χ0) is 10.4. The molecule has 0 fully saturated rings. The normalized spacial score (nSPS) is 10.9. The van der Waals surface area contributed by atoms with Crippen molar-refractivity contribution in [3.8, 4) is 0 Å². The molecule has 0 saturated carbocycles. The molecule has 0 aliphatic rings. The third kappa shape index (κ3) is 2.82. The molecule has 1 aromatic rings. The van der Waals surface area contributed by atoms with Gasteiger partial charge in [-0.3, -0.25) is 0 Å². The van der Waals surface area contributed by atoms with E-state index >= 15 is 0 Å². The van der Waals surface area contributed by atoms with E-state index in [0.717, 1.165) is 24.5 Å². The fourth-order valence-electron chi connectivity index (χ4n) is 1.55. The van der Waals surface area contributed by atoms with Crippen molar-refractivity contribution in [1.82, 2.24) is 9.36 Å². The lowest BCUT2D eigenvalue weighted by Gasteiger charge is -2.28. The monoisotopic (exact) mass is 233 g/mol. The summed E-state index contributed by atoms with van der Waals surface area (Å²) in [6.45, 7) is 5.23. The summed E-state index contributed by atoms with van der Waals surface area (Å²) in [5, 5.41) is 0.986. The van der Waals surface area contributed by atoms with Crippen molar-refractivity contribution in [3.05, 3.63) is 6.33 Å². The Morgan fingerprint density at radius 3 is 2.64 bits per heavy atom. The zero-order valence-corrected chi connectivity index (χ0v) is 10.2. The second-order valence-electron chi connectivity index (χ2n) is 3.08. The second kappa shape index (κ2) is 6.19. The molecule has 1 aromatic heterocycles. The van der Waals surface area contributed by atoms with Crippen molar-refractivity contribution < 1.29 is 0 Å². The number of hydrogen-bond acceptors (Lipinski definition) is 4. The molecule has 3 nitrogen and oxygen atoms in total. The van der Waals surface area contributed by atoms with Gasteiger partial charge >= 0.3 is 0 Å². The average Bonchev–Trinajstić information content (AvgIpc) is 2.71. The van der Waals surface area contributed by atoms with Crippen LogP contribution in [-0.4, -0.2) is 27.8 Å². The summed E-state index contributed by atoms with van der Waals surface area (Å²) < 4.78 is 4.02. The van der Waals surface area contributed by atoms with Crippen LogP contribution in [0.5, 0.6) is 0 Å². The van der Waals surface area contributed by atoms with Gasteiger partial charge in [-0.1, -0.05) is 13.8 Å². The van der Waals surface area contributed by atoms with Crippen LogP contribution in [-0.2, 0) is 0 Å². The summed E-state index contributed by atoms with van der Waals surface area (Å²) in [7, 11) is 0. The molecule has 0 unspecified atom stereocenters. The van der Waals surface area contributed by atoms with Crippen LogP contribution >= 0.6 is 23.1 Å². The van der Waals surface area contributed by atoms with E-state index in [1.165, 1.54) is 11.5 Å². The molecule has 0 bridgehead atoms. The summed E-state index contributed by atoms with van der Waals surface area (Å²) in [5.41, 5.74) is 0. The van der Waals surface area contributed by atoms with Crippen molar-refractivity contribution in [2.75, 3.05) is 17.3 Å². The van der Waals surface area contributed by atoms with Crippen LogP contribution < -0.4 is 4.90 Å². The van der Waals surface area contributed by atoms with Gasteiger partial charge in [-0.25, -0.2) is 4.98 Å². The summed E-state index contributed by atoms with van der Waals surface area (Å²) in [6.07, 6.45) is 3.84. The predicted octanol–water partition coefficient (Wildman–Crippen LogP) is 2.77. The first-order chi connectivity index (χ1) is 6.83. The number of aromatic nitrogens is 2. The quantitative estimate of drug-likeness (QED) is 0.708. The lowest BCUT2D eigenvalue weighted by Crippen LogP contribution is -2.35. The highest BCUT2D eigenvalue weighted by Crippen LogP contribution is 2.20. The molecule has 0 atom stereocenters. The summed E-state index contributed by atoms with van der Waals surface area (Å²) in [4.78, 5) is 6.48. The van der Waals surface area contributed by atoms with Gasteiger partial charge in [-0.2, -0.15) is 4.37 Å². The molecule has 0 aliphatic carbocycles. The molecule has 14 heavy (non-hydrogen) atoms. The Morgan fingerprint density at radius 1 is 1.50 bits per heavy atom. The molecule has 0 radical (unpaired) electrons. The highest BCUT2D eigenvalue weighted by Gasteiger charge is 2.17. The van der Waals surface area contributed by atoms with Crippen molar-refractivity contribution in [3.63, 3.8) is 0 Å². The Balaban J connectivity index is 2.72. The SMILES string of the molecule is CCC(CC)N(CCCl)c1ncns1. The molecule has 0 aliphatic heterocycles. The van der Waals surface area contributed by atoms with Gasteiger partial charge < -0.3 is 4.90 Å². The van der Waals surface area contributed by atoms with Gasteiger partial charge in [-0.05, 0) is 12.8 Å². The molecule has 0 spiro atoms. The number of rotatable bonds is 6. The van der Waals surface area contributed by atoms with Crippen LogP contribution in [0, 0.1) is 0 Å². The maximum atomic E-state index is 5.79. The second-order valence-corrected chi connectivity index (χ2v) is 4.21. The predicted molar refractivity (Wildman–Crippen MR) is 62.3 cm³/mol. The van der Waals surface area contributed by atoms with Gasteiger partial charge in [0.2, 0.25) is 5.13 Å². The molecule has 5 heteroatoms. The molecule has 0 amide bonds. The highest BCUT2D eigenvalue weighted by molar-refractivity contribution is 7.09. The minimum atomic E-state index is 0.529. The topological polar surface area (TPSA) is 29.0 Å². The Kier molecular flexibility index (Phi) is 5.19. The van der Waals surface area contributed by atoms with Crippen molar-refractivity contribution in [2.24, 2.45) is 0 Å². The van der Waals surface area contributed by atoms with Gasteiger partial charge in [-0.15, -0.1) is 11.6 Å².